The third kappa shape index (κ3) is 5.99. The predicted octanol–water partition coefficient (Wildman–Crippen LogP) is 2.86. The number of morpholine rings is 1. The molecule has 2 unspecified atom stereocenters. The third-order valence-corrected chi connectivity index (χ3v) is 6.33. The number of nitrogens with one attached hydrogen (secondary N) is 2. The number of benzene rings is 1. The minimum Gasteiger partial charge on any atom is -0.379 e. The molecule has 1 aliphatic rings. The van der Waals surface area contributed by atoms with Crippen molar-refractivity contribution in [1.29, 1.82) is 0 Å². The van der Waals surface area contributed by atoms with Crippen LogP contribution in [0.1, 0.15) is 35.5 Å². The van der Waals surface area contributed by atoms with Crippen molar-refractivity contribution in [2.24, 2.45) is 12.0 Å². The fourth-order valence-corrected chi connectivity index (χ4v) is 4.42. The second kappa shape index (κ2) is 11.0. The first-order chi connectivity index (χ1) is 14.9. The van der Waals surface area contributed by atoms with Crippen LogP contribution in [-0.4, -0.2) is 66.6 Å². The SMILES string of the molecule is CN=C(NCC(c1ccccc1Cl)N1CCOCC1)NC(C)Cc1c(C)nn(C)c1C. The molecule has 0 radical (unpaired) electrons. The van der Waals surface area contributed by atoms with Gasteiger partial charge in [-0.1, -0.05) is 29.8 Å². The second-order valence-electron chi connectivity index (χ2n) is 8.16. The van der Waals surface area contributed by atoms with Crippen molar-refractivity contribution in [3.63, 3.8) is 0 Å². The van der Waals surface area contributed by atoms with E-state index in [1.165, 1.54) is 11.3 Å². The number of aryl methyl sites for hydroxylation is 2. The zero-order valence-corrected chi connectivity index (χ0v) is 20.0. The predicted molar refractivity (Wildman–Crippen MR) is 127 cm³/mol. The van der Waals surface area contributed by atoms with Crippen molar-refractivity contribution in [3.8, 4) is 0 Å². The maximum Gasteiger partial charge on any atom is 0.191 e. The molecule has 0 bridgehead atoms. The summed E-state index contributed by atoms with van der Waals surface area (Å²) in [6.45, 7) is 10.3. The Bertz CT molecular complexity index is 890. The standard InChI is InChI=1S/C23H35ClN6O/c1-16(14-20-17(2)28-29(5)18(20)3)27-23(25-4)26-15-22(30-10-12-31-13-11-30)19-8-6-7-9-21(19)24/h6-9,16,22H,10-15H2,1-5H3,(H2,25,26,27). The maximum absolute atomic E-state index is 6.55. The van der Waals surface area contributed by atoms with Crippen molar-refractivity contribution in [1.82, 2.24) is 25.3 Å². The number of rotatable bonds is 7. The highest BCUT2D eigenvalue weighted by molar-refractivity contribution is 6.31. The van der Waals surface area contributed by atoms with Gasteiger partial charge in [0.1, 0.15) is 0 Å². The van der Waals surface area contributed by atoms with Crippen LogP contribution in [-0.2, 0) is 18.2 Å². The van der Waals surface area contributed by atoms with Crippen LogP contribution < -0.4 is 10.6 Å². The molecule has 0 saturated carbocycles. The molecule has 2 atom stereocenters. The molecule has 1 fully saturated rings. The lowest BCUT2D eigenvalue weighted by atomic mass is 10.0. The van der Waals surface area contributed by atoms with Crippen molar-refractivity contribution in [3.05, 3.63) is 51.8 Å². The molecular formula is C23H35ClN6O. The molecule has 31 heavy (non-hydrogen) atoms. The number of halogens is 1. The second-order valence-corrected chi connectivity index (χ2v) is 8.57. The molecule has 1 aromatic heterocycles. The van der Waals surface area contributed by atoms with Gasteiger partial charge in [-0.25, -0.2) is 0 Å². The van der Waals surface area contributed by atoms with Crippen LogP contribution in [0, 0.1) is 13.8 Å². The number of hydrogen-bond donors (Lipinski definition) is 2. The molecule has 8 heteroatoms. The van der Waals surface area contributed by atoms with E-state index >= 15 is 0 Å². The summed E-state index contributed by atoms with van der Waals surface area (Å²) in [5.74, 6) is 0.789. The maximum atomic E-state index is 6.55. The highest BCUT2D eigenvalue weighted by atomic mass is 35.5. The molecule has 7 nitrogen and oxygen atoms in total. The third-order valence-electron chi connectivity index (χ3n) is 5.99. The molecule has 1 saturated heterocycles. The molecule has 2 N–H and O–H groups in total. The smallest absolute Gasteiger partial charge is 0.191 e. The Morgan fingerprint density at radius 3 is 2.58 bits per heavy atom. The fraction of sp³-hybridized carbons (Fsp3) is 0.565. The van der Waals surface area contributed by atoms with E-state index in [0.717, 1.165) is 55.0 Å². The van der Waals surface area contributed by atoms with Gasteiger partial charge in [-0.15, -0.1) is 0 Å². The summed E-state index contributed by atoms with van der Waals surface area (Å²) in [5, 5.41) is 12.4. The lowest BCUT2D eigenvalue weighted by Gasteiger charge is -2.35. The van der Waals surface area contributed by atoms with E-state index < -0.39 is 0 Å². The number of ether oxygens (including phenoxy) is 1. The number of guanidine groups is 1. The van der Waals surface area contributed by atoms with E-state index in [1.54, 1.807) is 0 Å². The van der Waals surface area contributed by atoms with Crippen molar-refractivity contribution < 1.29 is 4.74 Å². The average molecular weight is 447 g/mol. The van der Waals surface area contributed by atoms with Gasteiger partial charge in [0.05, 0.1) is 24.9 Å². The molecule has 2 heterocycles. The Hall–Kier alpha value is -2.09. The Morgan fingerprint density at radius 2 is 1.97 bits per heavy atom. The summed E-state index contributed by atoms with van der Waals surface area (Å²) >= 11 is 6.55. The molecule has 1 aliphatic heterocycles. The van der Waals surface area contributed by atoms with Crippen LogP contribution in [0.4, 0.5) is 0 Å². The average Bonchev–Trinajstić information content (AvgIpc) is 3.00. The first-order valence-corrected chi connectivity index (χ1v) is 11.3. The van der Waals surface area contributed by atoms with E-state index in [0.29, 0.717) is 6.54 Å². The molecule has 2 aromatic rings. The van der Waals surface area contributed by atoms with E-state index in [1.807, 2.05) is 37.0 Å². The molecule has 0 amide bonds. The van der Waals surface area contributed by atoms with Crippen LogP contribution >= 0.6 is 11.6 Å². The Balaban J connectivity index is 1.65. The lowest BCUT2D eigenvalue weighted by Crippen LogP contribution is -2.48. The Labute approximate surface area is 190 Å². The minimum atomic E-state index is 0.147. The Morgan fingerprint density at radius 1 is 1.26 bits per heavy atom. The topological polar surface area (TPSA) is 66.7 Å². The summed E-state index contributed by atoms with van der Waals surface area (Å²) in [4.78, 5) is 6.88. The van der Waals surface area contributed by atoms with Gasteiger partial charge in [-0.2, -0.15) is 5.10 Å². The number of nitrogens with zero attached hydrogens (tertiary/aromatic N) is 4. The molecule has 3 rings (SSSR count). The van der Waals surface area contributed by atoms with Crippen LogP contribution in [0.25, 0.3) is 0 Å². The lowest BCUT2D eigenvalue weighted by molar-refractivity contribution is 0.0170. The van der Waals surface area contributed by atoms with E-state index in [9.17, 15) is 0 Å². The van der Waals surface area contributed by atoms with Gasteiger partial charge in [0, 0.05) is 50.5 Å². The largest absolute Gasteiger partial charge is 0.379 e. The van der Waals surface area contributed by atoms with Gasteiger partial charge < -0.3 is 15.4 Å². The first-order valence-electron chi connectivity index (χ1n) is 10.9. The molecule has 0 spiro atoms. The quantitative estimate of drug-likeness (QED) is 0.505. The highest BCUT2D eigenvalue weighted by Crippen LogP contribution is 2.27. The summed E-state index contributed by atoms with van der Waals surface area (Å²) in [6.07, 6.45) is 0.892. The van der Waals surface area contributed by atoms with Crippen molar-refractivity contribution in [2.75, 3.05) is 39.9 Å². The van der Waals surface area contributed by atoms with Gasteiger partial charge >= 0.3 is 0 Å². The van der Waals surface area contributed by atoms with Gasteiger partial charge in [0.15, 0.2) is 5.96 Å². The Kier molecular flexibility index (Phi) is 8.35. The van der Waals surface area contributed by atoms with Crippen LogP contribution in [0.2, 0.25) is 5.02 Å². The number of hydrogen-bond acceptors (Lipinski definition) is 4. The molecule has 1 aromatic carbocycles. The van der Waals surface area contributed by atoms with Crippen LogP contribution in [0.15, 0.2) is 29.3 Å². The fourth-order valence-electron chi connectivity index (χ4n) is 4.16. The van der Waals surface area contributed by atoms with Gasteiger partial charge in [-0.3, -0.25) is 14.6 Å². The van der Waals surface area contributed by atoms with E-state index in [2.05, 4.69) is 52.5 Å². The molecular weight excluding hydrogens is 412 g/mol. The monoisotopic (exact) mass is 446 g/mol. The summed E-state index contributed by atoms with van der Waals surface area (Å²) in [5.41, 5.74) is 4.71. The van der Waals surface area contributed by atoms with Crippen molar-refractivity contribution >= 4 is 17.6 Å². The summed E-state index contributed by atoms with van der Waals surface area (Å²) in [7, 11) is 3.80. The number of aliphatic imine (C=N–C) groups is 1. The van der Waals surface area contributed by atoms with E-state index in [-0.39, 0.29) is 12.1 Å². The normalized spacial score (nSPS) is 17.4. The van der Waals surface area contributed by atoms with Gasteiger partial charge in [0.25, 0.3) is 0 Å². The summed E-state index contributed by atoms with van der Waals surface area (Å²) < 4.78 is 7.50. The zero-order valence-electron chi connectivity index (χ0n) is 19.3. The zero-order chi connectivity index (χ0) is 22.4. The minimum absolute atomic E-state index is 0.147. The summed E-state index contributed by atoms with van der Waals surface area (Å²) in [6, 6.07) is 8.45. The van der Waals surface area contributed by atoms with Crippen LogP contribution in [0.5, 0.6) is 0 Å². The molecule has 170 valence electrons. The van der Waals surface area contributed by atoms with Crippen LogP contribution in [0.3, 0.4) is 0 Å². The first kappa shape index (κ1) is 23.6. The van der Waals surface area contributed by atoms with Gasteiger partial charge in [-0.05, 0) is 44.4 Å². The van der Waals surface area contributed by atoms with E-state index in [4.69, 9.17) is 16.3 Å². The number of aromatic nitrogens is 2. The van der Waals surface area contributed by atoms with Gasteiger partial charge in [0.2, 0.25) is 0 Å². The molecule has 0 aliphatic carbocycles. The van der Waals surface area contributed by atoms with Crippen molar-refractivity contribution in [2.45, 2.75) is 39.3 Å². The highest BCUT2D eigenvalue weighted by Gasteiger charge is 2.25.